The Morgan fingerprint density at radius 3 is 1.96 bits per heavy atom. The first-order valence-corrected chi connectivity index (χ1v) is 8.31. The van der Waals surface area contributed by atoms with Gasteiger partial charge in [-0.15, -0.1) is 0 Å². The lowest BCUT2D eigenvalue weighted by atomic mass is 10.1. The van der Waals surface area contributed by atoms with Crippen molar-refractivity contribution in [2.24, 2.45) is 11.8 Å². The van der Waals surface area contributed by atoms with Crippen LogP contribution in [0.3, 0.4) is 0 Å². The summed E-state index contributed by atoms with van der Waals surface area (Å²) < 4.78 is 0. The van der Waals surface area contributed by atoms with Gasteiger partial charge in [0.25, 0.3) is 10.9 Å². The van der Waals surface area contributed by atoms with Crippen molar-refractivity contribution in [1.82, 2.24) is 5.32 Å². The molecule has 0 saturated carbocycles. The molecule has 3 N–H and O–H groups in total. The SMILES string of the molecule is CC(C)CC(=O)CCNc1c(NCNC(=O)CC(C)C)c(=O)c1=O. The normalized spacial score (nSPS) is 11.1. The minimum atomic E-state index is -0.607. The van der Waals surface area contributed by atoms with Gasteiger partial charge < -0.3 is 16.0 Å². The van der Waals surface area contributed by atoms with E-state index in [0.29, 0.717) is 31.7 Å². The quantitative estimate of drug-likeness (QED) is 0.414. The molecule has 1 rings (SSSR count). The van der Waals surface area contributed by atoms with Gasteiger partial charge in [0, 0.05) is 25.8 Å². The minimum absolute atomic E-state index is 0.0807. The van der Waals surface area contributed by atoms with E-state index < -0.39 is 10.9 Å². The second-order valence-corrected chi connectivity index (χ2v) is 6.77. The third-order valence-corrected chi connectivity index (χ3v) is 3.40. The van der Waals surface area contributed by atoms with Crippen LogP contribution in [0.15, 0.2) is 9.59 Å². The predicted molar refractivity (Wildman–Crippen MR) is 95.0 cm³/mol. The highest BCUT2D eigenvalue weighted by atomic mass is 16.2. The van der Waals surface area contributed by atoms with Gasteiger partial charge in [0.1, 0.15) is 17.2 Å². The first kappa shape index (κ1) is 19.9. The summed E-state index contributed by atoms with van der Waals surface area (Å²) in [5.74, 6) is 0.545. The lowest BCUT2D eigenvalue weighted by Crippen LogP contribution is -2.40. The van der Waals surface area contributed by atoms with Crippen LogP contribution in [0, 0.1) is 11.8 Å². The number of anilines is 2. The van der Waals surface area contributed by atoms with Crippen LogP contribution in [0.1, 0.15) is 47.0 Å². The highest BCUT2D eigenvalue weighted by Gasteiger charge is 2.20. The topological polar surface area (TPSA) is 104 Å². The Morgan fingerprint density at radius 2 is 1.42 bits per heavy atom. The number of amides is 1. The molecule has 0 heterocycles. The Kier molecular flexibility index (Phi) is 7.61. The Bertz CT molecular complexity index is 587. The molecule has 1 amide bonds. The summed E-state index contributed by atoms with van der Waals surface area (Å²) in [5, 5.41) is 8.23. The van der Waals surface area contributed by atoms with Gasteiger partial charge in [-0.05, 0) is 11.8 Å². The van der Waals surface area contributed by atoms with Gasteiger partial charge in [0.05, 0.1) is 6.67 Å². The molecule has 0 spiro atoms. The van der Waals surface area contributed by atoms with Crippen molar-refractivity contribution in [2.45, 2.75) is 47.0 Å². The summed E-state index contributed by atoms with van der Waals surface area (Å²) in [7, 11) is 0. The van der Waals surface area contributed by atoms with E-state index >= 15 is 0 Å². The molecule has 134 valence electrons. The van der Waals surface area contributed by atoms with Crippen LogP contribution in [0.2, 0.25) is 0 Å². The third kappa shape index (κ3) is 6.14. The Labute approximate surface area is 141 Å². The van der Waals surface area contributed by atoms with Gasteiger partial charge in [-0.1, -0.05) is 27.7 Å². The number of hydrogen-bond donors (Lipinski definition) is 3. The molecule has 0 bridgehead atoms. The molecule has 7 heteroatoms. The smallest absolute Gasteiger partial charge is 0.253 e. The fraction of sp³-hybridized carbons (Fsp3) is 0.647. The van der Waals surface area contributed by atoms with Crippen LogP contribution in [-0.2, 0) is 9.59 Å². The summed E-state index contributed by atoms with van der Waals surface area (Å²) in [6, 6.07) is 0. The van der Waals surface area contributed by atoms with E-state index in [2.05, 4.69) is 16.0 Å². The fourth-order valence-electron chi connectivity index (χ4n) is 2.29. The Morgan fingerprint density at radius 1 is 0.875 bits per heavy atom. The van der Waals surface area contributed by atoms with Crippen LogP contribution < -0.4 is 26.8 Å². The average Bonchev–Trinajstić information content (AvgIpc) is 2.47. The van der Waals surface area contributed by atoms with Crippen LogP contribution >= 0.6 is 0 Å². The van der Waals surface area contributed by atoms with Gasteiger partial charge in [-0.2, -0.15) is 0 Å². The van der Waals surface area contributed by atoms with Crippen molar-refractivity contribution in [1.29, 1.82) is 0 Å². The highest BCUT2D eigenvalue weighted by molar-refractivity contribution is 5.80. The maximum atomic E-state index is 11.6. The fourth-order valence-corrected chi connectivity index (χ4v) is 2.29. The van der Waals surface area contributed by atoms with Crippen molar-refractivity contribution in [3.05, 3.63) is 20.4 Å². The molecule has 0 unspecified atom stereocenters. The number of Topliss-reactive ketones (excluding diaryl/α,β-unsaturated/α-hetero) is 1. The van der Waals surface area contributed by atoms with Crippen molar-refractivity contribution in [2.75, 3.05) is 23.8 Å². The summed E-state index contributed by atoms with van der Waals surface area (Å²) in [4.78, 5) is 46.3. The molecule has 0 saturated heterocycles. The van der Waals surface area contributed by atoms with Crippen molar-refractivity contribution in [3.8, 4) is 0 Å². The molecule has 24 heavy (non-hydrogen) atoms. The maximum absolute atomic E-state index is 11.6. The maximum Gasteiger partial charge on any atom is 0.253 e. The first-order chi connectivity index (χ1) is 11.2. The summed E-state index contributed by atoms with van der Waals surface area (Å²) in [5.41, 5.74) is -0.844. The molecule has 0 aromatic heterocycles. The Balaban J connectivity index is 2.44. The van der Waals surface area contributed by atoms with Gasteiger partial charge in [-0.25, -0.2) is 0 Å². The van der Waals surface area contributed by atoms with Crippen LogP contribution in [0.4, 0.5) is 11.4 Å². The third-order valence-electron chi connectivity index (χ3n) is 3.40. The summed E-state index contributed by atoms with van der Waals surface area (Å²) in [6.45, 7) is 8.20. The van der Waals surface area contributed by atoms with Crippen molar-refractivity contribution in [3.63, 3.8) is 0 Å². The highest BCUT2D eigenvalue weighted by Crippen LogP contribution is 2.14. The average molecular weight is 337 g/mol. The summed E-state index contributed by atoms with van der Waals surface area (Å²) in [6.07, 6.45) is 1.21. The number of carbonyl (C=O) groups excluding carboxylic acids is 2. The van der Waals surface area contributed by atoms with E-state index in [9.17, 15) is 19.2 Å². The van der Waals surface area contributed by atoms with Gasteiger partial charge in [0.2, 0.25) is 5.91 Å². The number of ketones is 1. The van der Waals surface area contributed by atoms with E-state index in [4.69, 9.17) is 0 Å². The molecular weight excluding hydrogens is 310 g/mol. The molecule has 1 aromatic rings. The van der Waals surface area contributed by atoms with E-state index in [1.165, 1.54) is 0 Å². The molecule has 0 aliphatic carbocycles. The second-order valence-electron chi connectivity index (χ2n) is 6.77. The zero-order chi connectivity index (χ0) is 18.3. The Hall–Kier alpha value is -2.18. The van der Waals surface area contributed by atoms with E-state index in [1.807, 2.05) is 27.7 Å². The first-order valence-electron chi connectivity index (χ1n) is 8.31. The second kappa shape index (κ2) is 9.20. The number of hydrogen-bond acceptors (Lipinski definition) is 6. The van der Waals surface area contributed by atoms with E-state index in [1.54, 1.807) is 0 Å². The lowest BCUT2D eigenvalue weighted by Gasteiger charge is -2.15. The van der Waals surface area contributed by atoms with Crippen LogP contribution in [0.25, 0.3) is 0 Å². The zero-order valence-electron chi connectivity index (χ0n) is 14.8. The van der Waals surface area contributed by atoms with Gasteiger partial charge in [0.15, 0.2) is 0 Å². The van der Waals surface area contributed by atoms with Crippen LogP contribution in [0.5, 0.6) is 0 Å². The predicted octanol–water partition coefficient (Wildman–Crippen LogP) is 1.23. The lowest BCUT2D eigenvalue weighted by molar-refractivity contribution is -0.121. The minimum Gasteiger partial charge on any atom is -0.380 e. The largest absolute Gasteiger partial charge is 0.380 e. The molecule has 7 nitrogen and oxygen atoms in total. The standard InChI is InChI=1S/C17H27N3O4/c1-10(2)7-12(21)5-6-18-14-15(17(24)16(14)23)20-9-19-13(22)8-11(3)4/h10-11,18,20H,5-9H2,1-4H3,(H,19,22). The number of rotatable bonds is 11. The van der Waals surface area contributed by atoms with E-state index in [-0.39, 0.29) is 35.7 Å². The molecule has 0 fully saturated rings. The van der Waals surface area contributed by atoms with Crippen LogP contribution in [-0.4, -0.2) is 24.9 Å². The monoisotopic (exact) mass is 337 g/mol. The zero-order valence-corrected chi connectivity index (χ0v) is 14.8. The van der Waals surface area contributed by atoms with E-state index in [0.717, 1.165) is 0 Å². The molecule has 0 radical (unpaired) electrons. The van der Waals surface area contributed by atoms with Crippen molar-refractivity contribution >= 4 is 23.1 Å². The number of nitrogens with one attached hydrogen (secondary N) is 3. The van der Waals surface area contributed by atoms with Crippen molar-refractivity contribution < 1.29 is 9.59 Å². The molecule has 0 aliphatic heterocycles. The molecule has 0 aliphatic rings. The summed E-state index contributed by atoms with van der Waals surface area (Å²) >= 11 is 0. The molecular formula is C17H27N3O4. The van der Waals surface area contributed by atoms with Gasteiger partial charge in [-0.3, -0.25) is 19.2 Å². The van der Waals surface area contributed by atoms with Gasteiger partial charge >= 0.3 is 0 Å². The molecule has 0 atom stereocenters. The number of carbonyl (C=O) groups is 2. The molecule has 1 aromatic carbocycles.